The summed E-state index contributed by atoms with van der Waals surface area (Å²) in [6.45, 7) is 6.87. The molecule has 0 atom stereocenters. The quantitative estimate of drug-likeness (QED) is 0.720. The van der Waals surface area contributed by atoms with Crippen molar-refractivity contribution in [3.8, 4) is 0 Å². The van der Waals surface area contributed by atoms with Gasteiger partial charge in [0.25, 0.3) is 0 Å². The Morgan fingerprint density at radius 1 is 1.36 bits per heavy atom. The Labute approximate surface area is 85.5 Å². The van der Waals surface area contributed by atoms with Crippen LogP contribution >= 0.6 is 0 Å². The molecule has 2 amide bonds. The summed E-state index contributed by atoms with van der Waals surface area (Å²) in [5.74, 6) is 0. The first-order valence-electron chi connectivity index (χ1n) is 5.41. The molecule has 0 spiro atoms. The smallest absolute Gasteiger partial charge is 0.319 e. The summed E-state index contributed by atoms with van der Waals surface area (Å²) in [4.78, 5) is 15.5. The molecule has 0 aromatic heterocycles. The van der Waals surface area contributed by atoms with Crippen LogP contribution in [0.1, 0.15) is 26.7 Å². The van der Waals surface area contributed by atoms with Crippen LogP contribution in [0.4, 0.5) is 4.79 Å². The summed E-state index contributed by atoms with van der Waals surface area (Å²) < 4.78 is 0. The van der Waals surface area contributed by atoms with Crippen LogP contribution in [0.5, 0.6) is 0 Å². The number of rotatable bonds is 2. The highest BCUT2D eigenvalue weighted by molar-refractivity contribution is 5.74. The van der Waals surface area contributed by atoms with E-state index in [1.54, 1.807) is 0 Å². The van der Waals surface area contributed by atoms with Gasteiger partial charge in [0.1, 0.15) is 0 Å². The lowest BCUT2D eigenvalue weighted by molar-refractivity contribution is 0.0825. The summed E-state index contributed by atoms with van der Waals surface area (Å²) in [7, 11) is 0. The zero-order valence-electron chi connectivity index (χ0n) is 9.07. The van der Waals surface area contributed by atoms with E-state index in [9.17, 15) is 9.90 Å². The van der Waals surface area contributed by atoms with Crippen molar-refractivity contribution in [2.24, 2.45) is 0 Å². The van der Waals surface area contributed by atoms with Crippen LogP contribution in [0.15, 0.2) is 0 Å². The van der Waals surface area contributed by atoms with E-state index in [1.807, 2.05) is 23.6 Å². The predicted octanol–water partition coefficient (Wildman–Crippen LogP) is 0.905. The number of urea groups is 1. The van der Waals surface area contributed by atoms with Crippen LogP contribution in [0.3, 0.4) is 0 Å². The van der Waals surface area contributed by atoms with E-state index in [0.29, 0.717) is 25.9 Å². The largest absolute Gasteiger partial charge is 0.393 e. The molecule has 14 heavy (non-hydrogen) atoms. The highest BCUT2D eigenvalue weighted by atomic mass is 16.3. The average Bonchev–Trinajstić information content (AvgIpc) is 2.20. The highest BCUT2D eigenvalue weighted by Gasteiger charge is 2.23. The first-order valence-corrected chi connectivity index (χ1v) is 5.41. The summed E-state index contributed by atoms with van der Waals surface area (Å²) in [5.41, 5.74) is 0. The Bertz CT molecular complexity index is 185. The second-order valence-corrected chi connectivity index (χ2v) is 3.67. The molecule has 0 unspecified atom stereocenters. The topological polar surface area (TPSA) is 43.8 Å². The molecule has 1 heterocycles. The molecular formula is C10H20N2O2. The van der Waals surface area contributed by atoms with Gasteiger partial charge in [-0.25, -0.2) is 4.79 Å². The molecule has 0 aromatic rings. The maximum Gasteiger partial charge on any atom is 0.319 e. The third-order valence-corrected chi connectivity index (χ3v) is 2.77. The second-order valence-electron chi connectivity index (χ2n) is 3.67. The molecule has 1 N–H and O–H groups in total. The number of hydrogen-bond donors (Lipinski definition) is 1. The molecule has 4 heteroatoms. The maximum atomic E-state index is 11.8. The van der Waals surface area contributed by atoms with E-state index in [4.69, 9.17) is 0 Å². The number of carbonyl (C=O) groups is 1. The van der Waals surface area contributed by atoms with Gasteiger partial charge >= 0.3 is 6.03 Å². The van der Waals surface area contributed by atoms with Crippen LogP contribution in [-0.4, -0.2) is 53.2 Å². The molecule has 4 nitrogen and oxygen atoms in total. The van der Waals surface area contributed by atoms with Gasteiger partial charge in [0, 0.05) is 26.2 Å². The van der Waals surface area contributed by atoms with Gasteiger partial charge in [-0.15, -0.1) is 0 Å². The first kappa shape index (κ1) is 11.3. The number of likely N-dealkylation sites (tertiary alicyclic amines) is 1. The van der Waals surface area contributed by atoms with Crippen molar-refractivity contribution < 1.29 is 9.90 Å². The monoisotopic (exact) mass is 200 g/mol. The fourth-order valence-corrected chi connectivity index (χ4v) is 1.75. The zero-order chi connectivity index (χ0) is 10.6. The lowest BCUT2D eigenvalue weighted by Crippen LogP contribution is -2.47. The SMILES string of the molecule is CCN(CC)C(=O)N1CCC(O)CC1. The van der Waals surface area contributed by atoms with Crippen molar-refractivity contribution >= 4 is 6.03 Å². The fraction of sp³-hybridized carbons (Fsp3) is 0.900. The van der Waals surface area contributed by atoms with Gasteiger partial charge < -0.3 is 14.9 Å². The third-order valence-electron chi connectivity index (χ3n) is 2.77. The molecule has 0 aliphatic carbocycles. The van der Waals surface area contributed by atoms with Crippen molar-refractivity contribution in [2.75, 3.05) is 26.2 Å². The molecule has 0 aromatic carbocycles. The minimum atomic E-state index is -0.212. The molecular weight excluding hydrogens is 180 g/mol. The van der Waals surface area contributed by atoms with Crippen molar-refractivity contribution in [3.05, 3.63) is 0 Å². The molecule has 82 valence electrons. The van der Waals surface area contributed by atoms with Crippen molar-refractivity contribution in [1.29, 1.82) is 0 Å². The molecule has 0 saturated carbocycles. The van der Waals surface area contributed by atoms with Gasteiger partial charge in [-0.3, -0.25) is 0 Å². The lowest BCUT2D eigenvalue weighted by Gasteiger charge is -2.33. The zero-order valence-corrected chi connectivity index (χ0v) is 9.07. The number of aliphatic hydroxyl groups excluding tert-OH is 1. The van der Waals surface area contributed by atoms with Gasteiger partial charge in [0.2, 0.25) is 0 Å². The Morgan fingerprint density at radius 3 is 2.29 bits per heavy atom. The molecule has 1 aliphatic rings. The Balaban J connectivity index is 2.44. The van der Waals surface area contributed by atoms with Gasteiger partial charge in [-0.2, -0.15) is 0 Å². The number of aliphatic hydroxyl groups is 1. The number of hydrogen-bond acceptors (Lipinski definition) is 2. The Morgan fingerprint density at radius 2 is 1.86 bits per heavy atom. The van der Waals surface area contributed by atoms with E-state index in [1.165, 1.54) is 0 Å². The highest BCUT2D eigenvalue weighted by Crippen LogP contribution is 2.11. The van der Waals surface area contributed by atoms with Crippen molar-refractivity contribution in [2.45, 2.75) is 32.8 Å². The summed E-state index contributed by atoms with van der Waals surface area (Å²) in [6.07, 6.45) is 1.22. The average molecular weight is 200 g/mol. The van der Waals surface area contributed by atoms with E-state index in [0.717, 1.165) is 13.1 Å². The molecule has 1 fully saturated rings. The summed E-state index contributed by atoms with van der Waals surface area (Å²) in [5, 5.41) is 9.31. The fourth-order valence-electron chi connectivity index (χ4n) is 1.75. The number of carbonyl (C=O) groups excluding carboxylic acids is 1. The second kappa shape index (κ2) is 5.20. The number of piperidine rings is 1. The minimum Gasteiger partial charge on any atom is -0.393 e. The molecule has 1 aliphatic heterocycles. The van der Waals surface area contributed by atoms with Crippen LogP contribution in [0.25, 0.3) is 0 Å². The Hall–Kier alpha value is -0.770. The lowest BCUT2D eigenvalue weighted by atomic mass is 10.1. The van der Waals surface area contributed by atoms with Crippen molar-refractivity contribution in [1.82, 2.24) is 9.80 Å². The molecule has 1 saturated heterocycles. The third kappa shape index (κ3) is 2.61. The van der Waals surface area contributed by atoms with E-state index < -0.39 is 0 Å². The Kier molecular flexibility index (Phi) is 4.20. The van der Waals surface area contributed by atoms with Crippen molar-refractivity contribution in [3.63, 3.8) is 0 Å². The van der Waals surface area contributed by atoms with Gasteiger partial charge in [0.05, 0.1) is 6.10 Å². The predicted molar refractivity (Wildman–Crippen MR) is 55.1 cm³/mol. The standard InChI is InChI=1S/C10H20N2O2/c1-3-11(4-2)10(14)12-7-5-9(13)6-8-12/h9,13H,3-8H2,1-2H3. The number of nitrogens with zero attached hydrogens (tertiary/aromatic N) is 2. The molecule has 0 radical (unpaired) electrons. The number of amides is 2. The van der Waals surface area contributed by atoms with E-state index >= 15 is 0 Å². The van der Waals surface area contributed by atoms with Crippen LogP contribution < -0.4 is 0 Å². The first-order chi connectivity index (χ1) is 6.69. The van der Waals surface area contributed by atoms with Crippen LogP contribution in [-0.2, 0) is 0 Å². The van der Waals surface area contributed by atoms with Gasteiger partial charge in [0.15, 0.2) is 0 Å². The summed E-state index contributed by atoms with van der Waals surface area (Å²) >= 11 is 0. The molecule has 1 rings (SSSR count). The van der Waals surface area contributed by atoms with Crippen LogP contribution in [0, 0.1) is 0 Å². The maximum absolute atomic E-state index is 11.8. The minimum absolute atomic E-state index is 0.113. The van der Waals surface area contributed by atoms with E-state index in [-0.39, 0.29) is 12.1 Å². The van der Waals surface area contributed by atoms with Gasteiger partial charge in [-0.1, -0.05) is 0 Å². The summed E-state index contributed by atoms with van der Waals surface area (Å²) in [6, 6.07) is 0.113. The van der Waals surface area contributed by atoms with Crippen LogP contribution in [0.2, 0.25) is 0 Å². The molecule has 0 bridgehead atoms. The van der Waals surface area contributed by atoms with Gasteiger partial charge in [-0.05, 0) is 26.7 Å². The normalized spacial score (nSPS) is 18.4. The van der Waals surface area contributed by atoms with E-state index in [2.05, 4.69) is 0 Å².